The molecule has 2 aromatic carbocycles. The van der Waals surface area contributed by atoms with Gasteiger partial charge in [-0.05, 0) is 42.8 Å². The molecule has 6 nitrogen and oxygen atoms in total. The molecule has 0 spiro atoms. The largest absolute Gasteiger partial charge is 0.396 e. The smallest absolute Gasteiger partial charge is 0.209 e. The van der Waals surface area contributed by atoms with Crippen LogP contribution in [0.4, 0.5) is 16.6 Å². The van der Waals surface area contributed by atoms with E-state index in [9.17, 15) is 9.00 Å². The quantitative estimate of drug-likeness (QED) is 0.419. The minimum atomic E-state index is -1.16. The number of carbonyl (C=O) groups excluding carboxylic acids is 1. The molecule has 0 saturated heterocycles. The molecular weight excluding hydrogens is 453 g/mol. The van der Waals surface area contributed by atoms with E-state index in [1.807, 2.05) is 0 Å². The van der Waals surface area contributed by atoms with Gasteiger partial charge in [0.05, 0.1) is 26.4 Å². The van der Waals surface area contributed by atoms with Gasteiger partial charge in [0.2, 0.25) is 5.78 Å². The normalized spacial score (nSPS) is 12.0. The number of halogens is 2. The fraction of sp³-hybridized carbons (Fsp3) is 0.158. The number of aliphatic hydroxyl groups is 1. The Morgan fingerprint density at radius 1 is 1.17 bits per heavy atom. The van der Waals surface area contributed by atoms with E-state index >= 15 is 0 Å². The van der Waals surface area contributed by atoms with E-state index in [4.69, 9.17) is 34.0 Å². The van der Waals surface area contributed by atoms with Gasteiger partial charge in [-0.3, -0.25) is 9.00 Å². The van der Waals surface area contributed by atoms with E-state index in [-0.39, 0.29) is 32.9 Å². The Morgan fingerprint density at radius 2 is 1.83 bits per heavy atom. The maximum Gasteiger partial charge on any atom is 0.209 e. The molecule has 10 heteroatoms. The summed E-state index contributed by atoms with van der Waals surface area (Å²) in [7, 11) is -1.16. The third-order valence-electron chi connectivity index (χ3n) is 3.91. The molecule has 1 aromatic heterocycles. The number of aliphatic hydroxyl groups excluding tert-OH is 1. The van der Waals surface area contributed by atoms with Gasteiger partial charge in [-0.2, -0.15) is 0 Å². The number of nitrogens with zero attached hydrogens (tertiary/aromatic N) is 1. The highest BCUT2D eigenvalue weighted by Crippen LogP contribution is 2.34. The van der Waals surface area contributed by atoms with Crippen molar-refractivity contribution in [2.45, 2.75) is 11.3 Å². The predicted octanol–water partition coefficient (Wildman–Crippen LogP) is 4.50. The highest BCUT2D eigenvalue weighted by atomic mass is 35.5. The molecule has 0 bridgehead atoms. The number of nitrogens with two attached hydrogens (primary N) is 1. The maximum absolute atomic E-state index is 12.8. The average molecular weight is 470 g/mol. The van der Waals surface area contributed by atoms with Crippen LogP contribution in [-0.4, -0.2) is 32.4 Å². The number of ketones is 1. The molecule has 0 fully saturated rings. The Morgan fingerprint density at radius 3 is 2.45 bits per heavy atom. The predicted molar refractivity (Wildman–Crippen MR) is 119 cm³/mol. The van der Waals surface area contributed by atoms with Crippen molar-refractivity contribution in [1.82, 2.24) is 4.98 Å². The van der Waals surface area contributed by atoms with E-state index in [1.54, 1.807) is 42.5 Å². The zero-order valence-electron chi connectivity index (χ0n) is 15.0. The SMILES string of the molecule is Nc1nc(Nc2ccc(S(=O)CCCO)cc2)sc1C(=O)c1c(Cl)cccc1Cl. The van der Waals surface area contributed by atoms with Crippen LogP contribution in [0.3, 0.4) is 0 Å². The van der Waals surface area contributed by atoms with Gasteiger partial charge in [-0.15, -0.1) is 0 Å². The van der Waals surface area contributed by atoms with Crippen LogP contribution in [0.2, 0.25) is 10.0 Å². The summed E-state index contributed by atoms with van der Waals surface area (Å²) in [4.78, 5) is 17.9. The van der Waals surface area contributed by atoms with Crippen molar-refractivity contribution in [3.63, 3.8) is 0 Å². The number of aromatic nitrogens is 1. The van der Waals surface area contributed by atoms with Crippen LogP contribution in [-0.2, 0) is 10.8 Å². The number of benzene rings is 2. The molecule has 3 rings (SSSR count). The van der Waals surface area contributed by atoms with Crippen LogP contribution in [0.1, 0.15) is 21.7 Å². The number of nitrogen functional groups attached to an aromatic ring is 1. The lowest BCUT2D eigenvalue weighted by molar-refractivity contribution is 0.104. The standard InChI is InChI=1S/C19H17Cl2N3O3S2/c20-13-3-1-4-14(21)15(13)16(26)17-18(22)24-19(28-17)23-11-5-7-12(8-6-11)29(27)10-2-9-25/h1,3-8,25H,2,9-10,22H2,(H,23,24). The zero-order valence-corrected chi connectivity index (χ0v) is 18.2. The highest BCUT2D eigenvalue weighted by Gasteiger charge is 2.22. The van der Waals surface area contributed by atoms with Gasteiger partial charge in [-0.1, -0.05) is 40.6 Å². The lowest BCUT2D eigenvalue weighted by Gasteiger charge is -2.05. The summed E-state index contributed by atoms with van der Waals surface area (Å²) in [6, 6.07) is 11.8. The molecule has 152 valence electrons. The second-order valence-electron chi connectivity index (χ2n) is 5.94. The van der Waals surface area contributed by atoms with Gasteiger partial charge in [0.25, 0.3) is 0 Å². The molecule has 0 amide bonds. The molecule has 0 radical (unpaired) electrons. The first-order chi connectivity index (χ1) is 13.9. The molecule has 0 saturated carbocycles. The molecule has 0 aliphatic heterocycles. The molecule has 1 unspecified atom stereocenters. The molecule has 1 heterocycles. The lowest BCUT2D eigenvalue weighted by atomic mass is 10.1. The number of anilines is 3. The summed E-state index contributed by atoms with van der Waals surface area (Å²) in [6.45, 7) is 0.0112. The first-order valence-electron chi connectivity index (χ1n) is 8.52. The second kappa shape index (κ2) is 9.69. The van der Waals surface area contributed by atoms with Crippen LogP contribution < -0.4 is 11.1 Å². The number of rotatable bonds is 8. The van der Waals surface area contributed by atoms with E-state index in [2.05, 4.69) is 10.3 Å². The number of nitrogens with one attached hydrogen (secondary N) is 1. The molecule has 29 heavy (non-hydrogen) atoms. The topological polar surface area (TPSA) is 105 Å². The van der Waals surface area contributed by atoms with Crippen LogP contribution in [0.5, 0.6) is 0 Å². The Balaban J connectivity index is 1.77. The van der Waals surface area contributed by atoms with Gasteiger partial charge >= 0.3 is 0 Å². The Bertz CT molecular complexity index is 1040. The molecular formula is C19H17Cl2N3O3S2. The van der Waals surface area contributed by atoms with Gasteiger partial charge in [0, 0.05) is 22.9 Å². The first-order valence-corrected chi connectivity index (χ1v) is 11.4. The van der Waals surface area contributed by atoms with E-state index in [0.717, 1.165) is 11.3 Å². The van der Waals surface area contributed by atoms with Gasteiger partial charge in [-0.25, -0.2) is 4.98 Å². The molecule has 1 atom stereocenters. The van der Waals surface area contributed by atoms with Crippen molar-refractivity contribution >= 4 is 67.8 Å². The Hall–Kier alpha value is -1.97. The summed E-state index contributed by atoms with van der Waals surface area (Å²) < 4.78 is 12.1. The third kappa shape index (κ3) is 5.15. The van der Waals surface area contributed by atoms with Crippen LogP contribution in [0, 0.1) is 0 Å². The van der Waals surface area contributed by atoms with Gasteiger partial charge in [0.15, 0.2) is 5.13 Å². The number of hydrogen-bond acceptors (Lipinski definition) is 7. The summed E-state index contributed by atoms with van der Waals surface area (Å²) in [5, 5.41) is 12.8. The van der Waals surface area contributed by atoms with Crippen molar-refractivity contribution < 1.29 is 14.1 Å². The minimum absolute atomic E-state index is 0.0112. The lowest BCUT2D eigenvalue weighted by Crippen LogP contribution is -2.04. The summed E-state index contributed by atoms with van der Waals surface area (Å²) in [6.07, 6.45) is 0.483. The fourth-order valence-corrected chi connectivity index (χ4v) is 4.99. The zero-order chi connectivity index (χ0) is 21.0. The van der Waals surface area contributed by atoms with E-state index < -0.39 is 16.6 Å². The summed E-state index contributed by atoms with van der Waals surface area (Å²) in [5.74, 6) is 0.0982. The van der Waals surface area contributed by atoms with Crippen LogP contribution in [0.25, 0.3) is 0 Å². The Kier molecular flexibility index (Phi) is 7.26. The summed E-state index contributed by atoms with van der Waals surface area (Å²) >= 11 is 13.3. The molecule has 0 aliphatic rings. The molecule has 3 aromatic rings. The average Bonchev–Trinajstić information content (AvgIpc) is 3.06. The van der Waals surface area contributed by atoms with Crippen molar-refractivity contribution in [1.29, 1.82) is 0 Å². The monoisotopic (exact) mass is 469 g/mol. The number of thiazole rings is 1. The van der Waals surface area contributed by atoms with Crippen molar-refractivity contribution in [2.75, 3.05) is 23.4 Å². The van der Waals surface area contributed by atoms with Crippen molar-refractivity contribution in [2.24, 2.45) is 0 Å². The minimum Gasteiger partial charge on any atom is -0.396 e. The van der Waals surface area contributed by atoms with E-state index in [0.29, 0.717) is 27.9 Å². The van der Waals surface area contributed by atoms with Crippen molar-refractivity contribution in [3.8, 4) is 0 Å². The van der Waals surface area contributed by atoms with E-state index in [1.165, 1.54) is 0 Å². The number of carbonyl (C=O) groups is 1. The molecule has 0 aliphatic carbocycles. The van der Waals surface area contributed by atoms with Crippen LogP contribution in [0.15, 0.2) is 47.4 Å². The first kappa shape index (κ1) is 21.7. The third-order valence-corrected chi connectivity index (χ3v) is 6.98. The fourth-order valence-electron chi connectivity index (χ4n) is 2.50. The molecule has 4 N–H and O–H groups in total. The number of hydrogen-bond donors (Lipinski definition) is 3. The van der Waals surface area contributed by atoms with Crippen LogP contribution >= 0.6 is 34.5 Å². The second-order valence-corrected chi connectivity index (χ2v) is 9.32. The van der Waals surface area contributed by atoms with Gasteiger partial charge < -0.3 is 16.2 Å². The van der Waals surface area contributed by atoms with Crippen molar-refractivity contribution in [3.05, 3.63) is 63.0 Å². The van der Waals surface area contributed by atoms with Gasteiger partial charge in [0.1, 0.15) is 10.7 Å². The maximum atomic E-state index is 12.8. The summed E-state index contributed by atoms with van der Waals surface area (Å²) in [5.41, 5.74) is 6.83. The Labute approximate surface area is 184 Å². The highest BCUT2D eigenvalue weighted by molar-refractivity contribution is 7.85.